The number of fused-ring (bicyclic) bond motifs is 3. The fourth-order valence-electron chi connectivity index (χ4n) is 4.60. The number of rotatable bonds is 5. The summed E-state index contributed by atoms with van der Waals surface area (Å²) >= 11 is 0. The van der Waals surface area contributed by atoms with Crippen LogP contribution in [-0.4, -0.2) is 29.3 Å². The Morgan fingerprint density at radius 1 is 0.900 bits per heavy atom. The van der Waals surface area contributed by atoms with E-state index in [0.717, 1.165) is 27.8 Å². The van der Waals surface area contributed by atoms with Gasteiger partial charge in [0.2, 0.25) is 0 Å². The summed E-state index contributed by atoms with van der Waals surface area (Å²) in [6, 6.07) is 25.6. The van der Waals surface area contributed by atoms with Gasteiger partial charge >= 0.3 is 12.1 Å². The van der Waals surface area contributed by atoms with Crippen LogP contribution in [-0.2, 0) is 9.53 Å². The van der Waals surface area contributed by atoms with E-state index in [1.165, 1.54) is 0 Å². The van der Waals surface area contributed by atoms with Gasteiger partial charge < -0.3 is 15.2 Å². The summed E-state index contributed by atoms with van der Waals surface area (Å²) in [5.41, 5.74) is 4.13. The number of hydrogen-bond donors (Lipinski definition) is 2. The number of carbonyl (C=O) groups is 2. The molecule has 2 atom stereocenters. The van der Waals surface area contributed by atoms with Crippen LogP contribution in [0, 0.1) is 0 Å². The molecule has 5 nitrogen and oxygen atoms in total. The van der Waals surface area contributed by atoms with E-state index in [1.807, 2.05) is 66.7 Å². The van der Waals surface area contributed by atoms with Gasteiger partial charge in [-0.1, -0.05) is 78.9 Å². The van der Waals surface area contributed by atoms with Crippen LogP contribution in [0.4, 0.5) is 4.79 Å². The molecule has 5 rings (SSSR count). The first-order chi connectivity index (χ1) is 14.6. The number of benzene rings is 3. The molecule has 1 saturated carbocycles. The molecule has 5 heteroatoms. The molecular formula is C25H21NO4. The SMILES string of the molecule is O=C(N[C@@]1(C(=O)O)C[C@H]1c1ccccc1)OCC1c2ccccc2-c2ccccc21. The van der Waals surface area contributed by atoms with Crippen molar-refractivity contribution in [3.8, 4) is 11.1 Å². The lowest BCUT2D eigenvalue weighted by Crippen LogP contribution is -2.45. The molecule has 0 saturated heterocycles. The molecule has 30 heavy (non-hydrogen) atoms. The Morgan fingerprint density at radius 3 is 2.07 bits per heavy atom. The van der Waals surface area contributed by atoms with Crippen molar-refractivity contribution in [1.29, 1.82) is 0 Å². The lowest BCUT2D eigenvalue weighted by Gasteiger charge is -2.18. The molecule has 1 fully saturated rings. The molecule has 2 N–H and O–H groups in total. The molecule has 0 heterocycles. The van der Waals surface area contributed by atoms with Crippen molar-refractivity contribution in [2.75, 3.05) is 6.61 Å². The second kappa shape index (κ2) is 7.02. The first-order valence-corrected chi connectivity index (χ1v) is 10.0. The lowest BCUT2D eigenvalue weighted by atomic mass is 9.98. The van der Waals surface area contributed by atoms with Gasteiger partial charge in [0.05, 0.1) is 0 Å². The standard InChI is InChI=1S/C25H21NO4/c27-23(28)25(14-22(25)16-8-2-1-3-9-16)26-24(29)30-15-21-19-12-6-4-10-17(19)18-11-5-7-13-20(18)21/h1-13,21-22H,14-15H2,(H,26,29)(H,27,28)/t22-,25-/m0/s1. The number of carboxylic acid groups (broad SMARTS) is 1. The van der Waals surface area contributed by atoms with Gasteiger partial charge in [-0.15, -0.1) is 0 Å². The van der Waals surface area contributed by atoms with Gasteiger partial charge in [-0.3, -0.25) is 0 Å². The van der Waals surface area contributed by atoms with E-state index in [1.54, 1.807) is 0 Å². The smallest absolute Gasteiger partial charge is 0.408 e. The topological polar surface area (TPSA) is 75.6 Å². The van der Waals surface area contributed by atoms with Crippen LogP contribution in [0.3, 0.4) is 0 Å². The quantitative estimate of drug-likeness (QED) is 0.661. The molecule has 150 valence electrons. The number of aliphatic carboxylic acids is 1. The van der Waals surface area contributed by atoms with E-state index in [-0.39, 0.29) is 18.4 Å². The zero-order chi connectivity index (χ0) is 20.7. The Labute approximate surface area is 174 Å². The van der Waals surface area contributed by atoms with E-state index in [2.05, 4.69) is 17.4 Å². The van der Waals surface area contributed by atoms with Crippen LogP contribution in [0.1, 0.15) is 34.9 Å². The minimum absolute atomic E-state index is 0.0620. The van der Waals surface area contributed by atoms with E-state index < -0.39 is 17.6 Å². The number of carboxylic acids is 1. The van der Waals surface area contributed by atoms with E-state index in [4.69, 9.17) is 4.74 Å². The molecule has 1 amide bonds. The van der Waals surface area contributed by atoms with Crippen LogP contribution in [0.25, 0.3) is 11.1 Å². The first kappa shape index (κ1) is 18.4. The summed E-state index contributed by atoms with van der Waals surface area (Å²) in [5.74, 6) is -1.35. The Morgan fingerprint density at radius 2 is 1.47 bits per heavy atom. The normalized spacial score (nSPS) is 21.4. The molecule has 0 radical (unpaired) electrons. The van der Waals surface area contributed by atoms with Gasteiger partial charge in [-0.25, -0.2) is 9.59 Å². The van der Waals surface area contributed by atoms with Gasteiger partial charge in [0.15, 0.2) is 0 Å². The highest BCUT2D eigenvalue weighted by Crippen LogP contribution is 2.51. The molecule has 0 aliphatic heterocycles. The van der Waals surface area contributed by atoms with Crippen molar-refractivity contribution < 1.29 is 19.4 Å². The van der Waals surface area contributed by atoms with Crippen LogP contribution in [0.5, 0.6) is 0 Å². The summed E-state index contributed by atoms with van der Waals surface area (Å²) in [7, 11) is 0. The summed E-state index contributed by atoms with van der Waals surface area (Å²) in [6.07, 6.45) is -0.339. The van der Waals surface area contributed by atoms with E-state index in [9.17, 15) is 14.7 Å². The largest absolute Gasteiger partial charge is 0.479 e. The van der Waals surface area contributed by atoms with Crippen LogP contribution >= 0.6 is 0 Å². The number of hydrogen-bond acceptors (Lipinski definition) is 3. The van der Waals surface area contributed by atoms with Crippen molar-refractivity contribution in [2.45, 2.75) is 23.8 Å². The second-order valence-corrected chi connectivity index (χ2v) is 7.89. The third kappa shape index (κ3) is 2.94. The highest BCUT2D eigenvalue weighted by molar-refractivity contribution is 5.90. The Hall–Kier alpha value is -3.60. The van der Waals surface area contributed by atoms with Gasteiger partial charge in [-0.2, -0.15) is 0 Å². The molecule has 0 unspecified atom stereocenters. The lowest BCUT2D eigenvalue weighted by molar-refractivity contribution is -0.140. The van der Waals surface area contributed by atoms with Crippen molar-refractivity contribution in [3.05, 3.63) is 95.6 Å². The van der Waals surface area contributed by atoms with Gasteiger partial charge in [0.1, 0.15) is 12.1 Å². The predicted octanol–water partition coefficient (Wildman–Crippen LogP) is 4.54. The van der Waals surface area contributed by atoms with Gasteiger partial charge in [-0.05, 0) is 34.2 Å². The second-order valence-electron chi connectivity index (χ2n) is 7.89. The fraction of sp³-hybridized carbons (Fsp3) is 0.200. The highest BCUT2D eigenvalue weighted by Gasteiger charge is 2.62. The third-order valence-corrected chi connectivity index (χ3v) is 6.21. The minimum Gasteiger partial charge on any atom is -0.479 e. The molecule has 2 aliphatic carbocycles. The summed E-state index contributed by atoms with van der Waals surface area (Å²) < 4.78 is 5.54. The van der Waals surface area contributed by atoms with Gasteiger partial charge in [0.25, 0.3) is 0 Å². The summed E-state index contributed by atoms with van der Waals surface area (Å²) in [4.78, 5) is 24.5. The third-order valence-electron chi connectivity index (χ3n) is 6.21. The van der Waals surface area contributed by atoms with Gasteiger partial charge in [0, 0.05) is 11.8 Å². The molecule has 0 spiro atoms. The Balaban J connectivity index is 1.31. The molecule has 0 aromatic heterocycles. The molecular weight excluding hydrogens is 378 g/mol. The summed E-state index contributed by atoms with van der Waals surface area (Å²) in [5, 5.41) is 12.4. The van der Waals surface area contributed by atoms with Crippen molar-refractivity contribution >= 4 is 12.1 Å². The van der Waals surface area contributed by atoms with E-state index >= 15 is 0 Å². The number of ether oxygens (including phenoxy) is 1. The first-order valence-electron chi connectivity index (χ1n) is 10.0. The van der Waals surface area contributed by atoms with Crippen LogP contribution in [0.2, 0.25) is 0 Å². The average molecular weight is 399 g/mol. The predicted molar refractivity (Wildman–Crippen MR) is 112 cm³/mol. The maximum atomic E-state index is 12.6. The van der Waals surface area contributed by atoms with E-state index in [0.29, 0.717) is 6.42 Å². The summed E-state index contributed by atoms with van der Waals surface area (Å²) in [6.45, 7) is 0.158. The van der Waals surface area contributed by atoms with Crippen LogP contribution in [0.15, 0.2) is 78.9 Å². The van der Waals surface area contributed by atoms with Crippen molar-refractivity contribution in [3.63, 3.8) is 0 Å². The van der Waals surface area contributed by atoms with Crippen LogP contribution < -0.4 is 5.32 Å². The molecule has 3 aromatic carbocycles. The van der Waals surface area contributed by atoms with Crippen molar-refractivity contribution in [2.24, 2.45) is 0 Å². The highest BCUT2D eigenvalue weighted by atomic mass is 16.5. The maximum absolute atomic E-state index is 12.6. The molecule has 0 bridgehead atoms. The van der Waals surface area contributed by atoms with Crippen molar-refractivity contribution in [1.82, 2.24) is 5.32 Å². The number of nitrogens with one attached hydrogen (secondary N) is 1. The molecule has 3 aromatic rings. The minimum atomic E-state index is -1.30. The Bertz CT molecular complexity index is 1080. The number of carbonyl (C=O) groups excluding carboxylic acids is 1. The Kier molecular flexibility index (Phi) is 4.31. The number of alkyl carbamates (subject to hydrolysis) is 1. The zero-order valence-electron chi connectivity index (χ0n) is 16.2. The monoisotopic (exact) mass is 399 g/mol. The number of amides is 1. The zero-order valence-corrected chi connectivity index (χ0v) is 16.2. The molecule has 2 aliphatic rings. The maximum Gasteiger partial charge on any atom is 0.408 e. The average Bonchev–Trinajstić information content (AvgIpc) is 3.42. The fourth-order valence-corrected chi connectivity index (χ4v) is 4.60.